The molecular formula is C20H27N3O2. The van der Waals surface area contributed by atoms with Crippen molar-refractivity contribution in [2.75, 3.05) is 13.1 Å². The number of aliphatic hydroxyl groups is 1. The molecule has 0 bridgehead atoms. The summed E-state index contributed by atoms with van der Waals surface area (Å²) < 4.78 is 1.82. The summed E-state index contributed by atoms with van der Waals surface area (Å²) in [6.45, 7) is 1.50. The molecule has 1 amide bonds. The van der Waals surface area contributed by atoms with Crippen LogP contribution in [0, 0.1) is 5.92 Å². The number of aromatic nitrogens is 2. The van der Waals surface area contributed by atoms with Crippen molar-refractivity contribution in [3.8, 4) is 0 Å². The van der Waals surface area contributed by atoms with E-state index in [2.05, 4.69) is 17.2 Å². The van der Waals surface area contributed by atoms with Crippen LogP contribution in [-0.2, 0) is 24.7 Å². The normalized spacial score (nSPS) is 16.8. The van der Waals surface area contributed by atoms with Gasteiger partial charge in [-0.25, -0.2) is 0 Å². The molecule has 0 aliphatic carbocycles. The molecule has 5 nitrogen and oxygen atoms in total. The molecule has 25 heavy (non-hydrogen) atoms. The minimum atomic E-state index is -0.325. The zero-order valence-electron chi connectivity index (χ0n) is 14.8. The topological polar surface area (TPSA) is 58.4 Å². The van der Waals surface area contributed by atoms with Gasteiger partial charge < -0.3 is 10.0 Å². The average Bonchev–Trinajstić information content (AvgIpc) is 3.05. The summed E-state index contributed by atoms with van der Waals surface area (Å²) in [6, 6.07) is 12.1. The highest BCUT2D eigenvalue weighted by atomic mass is 16.3. The SMILES string of the molecule is Cn1nccc1CCC(=O)N1CCC([C@H](O)Cc2ccccc2)CC1. The molecule has 1 N–H and O–H groups in total. The van der Waals surface area contributed by atoms with Gasteiger partial charge in [0.05, 0.1) is 6.10 Å². The Morgan fingerprint density at radius 3 is 2.60 bits per heavy atom. The number of amides is 1. The first-order valence-corrected chi connectivity index (χ1v) is 9.10. The van der Waals surface area contributed by atoms with E-state index in [4.69, 9.17) is 0 Å². The highest BCUT2D eigenvalue weighted by Crippen LogP contribution is 2.23. The summed E-state index contributed by atoms with van der Waals surface area (Å²) in [5, 5.41) is 14.6. The minimum absolute atomic E-state index is 0.206. The van der Waals surface area contributed by atoms with Crippen molar-refractivity contribution < 1.29 is 9.90 Å². The van der Waals surface area contributed by atoms with Crippen molar-refractivity contribution in [3.63, 3.8) is 0 Å². The second kappa shape index (κ2) is 8.30. The summed E-state index contributed by atoms with van der Waals surface area (Å²) in [5.41, 5.74) is 2.26. The maximum Gasteiger partial charge on any atom is 0.222 e. The highest BCUT2D eigenvalue weighted by molar-refractivity contribution is 5.76. The second-order valence-electron chi connectivity index (χ2n) is 6.92. The van der Waals surface area contributed by atoms with E-state index in [1.165, 1.54) is 5.56 Å². The van der Waals surface area contributed by atoms with Gasteiger partial charge in [-0.3, -0.25) is 9.48 Å². The summed E-state index contributed by atoms with van der Waals surface area (Å²) in [4.78, 5) is 14.4. The van der Waals surface area contributed by atoms with Gasteiger partial charge in [0.25, 0.3) is 0 Å². The van der Waals surface area contributed by atoms with Gasteiger partial charge in [-0.2, -0.15) is 5.10 Å². The first kappa shape index (κ1) is 17.7. The zero-order chi connectivity index (χ0) is 17.6. The smallest absolute Gasteiger partial charge is 0.222 e. The molecule has 134 valence electrons. The lowest BCUT2D eigenvalue weighted by Crippen LogP contribution is -2.41. The van der Waals surface area contributed by atoms with Gasteiger partial charge in [0, 0.05) is 38.4 Å². The summed E-state index contributed by atoms with van der Waals surface area (Å²) in [6.07, 6.45) is 5.15. The van der Waals surface area contributed by atoms with Gasteiger partial charge in [-0.15, -0.1) is 0 Å². The fourth-order valence-electron chi connectivity index (χ4n) is 3.60. The largest absolute Gasteiger partial charge is 0.392 e. The molecule has 2 heterocycles. The Morgan fingerprint density at radius 2 is 1.96 bits per heavy atom. The number of piperidine rings is 1. The predicted octanol–water partition coefficient (Wildman–Crippen LogP) is 2.19. The Morgan fingerprint density at radius 1 is 1.24 bits per heavy atom. The van der Waals surface area contributed by atoms with Crippen LogP contribution in [0.15, 0.2) is 42.6 Å². The summed E-state index contributed by atoms with van der Waals surface area (Å²) in [7, 11) is 1.90. The molecule has 0 spiro atoms. The molecule has 1 fully saturated rings. The molecule has 1 aromatic heterocycles. The first-order chi connectivity index (χ1) is 12.1. The predicted molar refractivity (Wildman–Crippen MR) is 97.0 cm³/mol. The van der Waals surface area contributed by atoms with Crippen molar-refractivity contribution in [1.29, 1.82) is 0 Å². The van der Waals surface area contributed by atoms with E-state index in [1.807, 2.05) is 40.9 Å². The molecular weight excluding hydrogens is 314 g/mol. The number of aliphatic hydroxyl groups excluding tert-OH is 1. The van der Waals surface area contributed by atoms with E-state index in [0.29, 0.717) is 12.8 Å². The van der Waals surface area contributed by atoms with Crippen LogP contribution in [0.3, 0.4) is 0 Å². The molecule has 1 saturated heterocycles. The lowest BCUT2D eigenvalue weighted by molar-refractivity contribution is -0.133. The summed E-state index contributed by atoms with van der Waals surface area (Å²) >= 11 is 0. The third-order valence-electron chi connectivity index (χ3n) is 5.24. The van der Waals surface area contributed by atoms with Gasteiger partial charge >= 0.3 is 0 Å². The molecule has 1 aliphatic heterocycles. The van der Waals surface area contributed by atoms with Crippen LogP contribution in [0.1, 0.15) is 30.5 Å². The zero-order valence-corrected chi connectivity index (χ0v) is 14.8. The lowest BCUT2D eigenvalue weighted by atomic mass is 9.88. The van der Waals surface area contributed by atoms with Gasteiger partial charge in [-0.1, -0.05) is 30.3 Å². The Bertz CT molecular complexity index is 675. The van der Waals surface area contributed by atoms with E-state index in [0.717, 1.165) is 38.0 Å². The fraction of sp³-hybridized carbons (Fsp3) is 0.500. The third-order valence-corrected chi connectivity index (χ3v) is 5.24. The standard InChI is InChI=1S/C20H27N3O2/c1-22-18(9-12-21-22)7-8-20(25)23-13-10-17(11-14-23)19(24)15-16-5-3-2-4-6-16/h2-6,9,12,17,19,24H,7-8,10-11,13-15H2,1H3/t19-/m1/s1. The van der Waals surface area contributed by atoms with Crippen LogP contribution in [0.2, 0.25) is 0 Å². The van der Waals surface area contributed by atoms with E-state index < -0.39 is 0 Å². The molecule has 1 aliphatic rings. The number of aryl methyl sites for hydroxylation is 2. The Kier molecular flexibility index (Phi) is 5.87. The van der Waals surface area contributed by atoms with Gasteiger partial charge in [0.2, 0.25) is 5.91 Å². The number of likely N-dealkylation sites (tertiary alicyclic amines) is 1. The van der Waals surface area contributed by atoms with Crippen LogP contribution in [-0.4, -0.2) is 44.9 Å². The third kappa shape index (κ3) is 4.69. The maximum atomic E-state index is 12.4. The van der Waals surface area contributed by atoms with Crippen molar-refractivity contribution in [1.82, 2.24) is 14.7 Å². The van der Waals surface area contributed by atoms with Gasteiger partial charge in [0.1, 0.15) is 0 Å². The molecule has 5 heteroatoms. The van der Waals surface area contributed by atoms with Crippen LogP contribution in [0.4, 0.5) is 0 Å². The maximum absolute atomic E-state index is 12.4. The van der Waals surface area contributed by atoms with Crippen molar-refractivity contribution in [2.45, 2.75) is 38.2 Å². The van der Waals surface area contributed by atoms with Crippen LogP contribution < -0.4 is 0 Å². The average molecular weight is 341 g/mol. The van der Waals surface area contributed by atoms with E-state index in [9.17, 15) is 9.90 Å². The molecule has 3 rings (SSSR count). The molecule has 0 unspecified atom stereocenters. The van der Waals surface area contributed by atoms with Crippen molar-refractivity contribution in [2.24, 2.45) is 13.0 Å². The number of carbonyl (C=O) groups excluding carboxylic acids is 1. The monoisotopic (exact) mass is 341 g/mol. The number of carbonyl (C=O) groups is 1. The van der Waals surface area contributed by atoms with Crippen molar-refractivity contribution in [3.05, 3.63) is 53.9 Å². The van der Waals surface area contributed by atoms with E-state index in [-0.39, 0.29) is 17.9 Å². The molecule has 1 atom stereocenters. The molecule has 0 saturated carbocycles. The van der Waals surface area contributed by atoms with Crippen LogP contribution in [0.25, 0.3) is 0 Å². The number of hydrogen-bond donors (Lipinski definition) is 1. The number of rotatable bonds is 6. The molecule has 1 aromatic carbocycles. The lowest BCUT2D eigenvalue weighted by Gasteiger charge is -2.34. The summed E-state index contributed by atoms with van der Waals surface area (Å²) in [5.74, 6) is 0.485. The van der Waals surface area contributed by atoms with Crippen molar-refractivity contribution >= 4 is 5.91 Å². The van der Waals surface area contributed by atoms with E-state index in [1.54, 1.807) is 6.20 Å². The number of benzene rings is 1. The Labute approximate surface area is 149 Å². The molecule has 0 radical (unpaired) electrons. The van der Waals surface area contributed by atoms with Crippen LogP contribution >= 0.6 is 0 Å². The highest BCUT2D eigenvalue weighted by Gasteiger charge is 2.27. The minimum Gasteiger partial charge on any atom is -0.392 e. The van der Waals surface area contributed by atoms with Crippen LogP contribution in [0.5, 0.6) is 0 Å². The second-order valence-corrected chi connectivity index (χ2v) is 6.92. The van der Waals surface area contributed by atoms with Gasteiger partial charge in [0.15, 0.2) is 0 Å². The quantitative estimate of drug-likeness (QED) is 0.876. The first-order valence-electron chi connectivity index (χ1n) is 9.10. The fourth-order valence-corrected chi connectivity index (χ4v) is 3.60. The number of nitrogens with zero attached hydrogens (tertiary/aromatic N) is 3. The van der Waals surface area contributed by atoms with Gasteiger partial charge in [-0.05, 0) is 43.2 Å². The Balaban J connectivity index is 1.43. The van der Waals surface area contributed by atoms with E-state index >= 15 is 0 Å². The number of hydrogen-bond acceptors (Lipinski definition) is 3. The Hall–Kier alpha value is -2.14. The molecule has 2 aromatic rings.